The van der Waals surface area contributed by atoms with Crippen LogP contribution in [0.2, 0.25) is 0 Å². The Morgan fingerprint density at radius 3 is 2.50 bits per heavy atom. The van der Waals surface area contributed by atoms with Gasteiger partial charge in [-0.05, 0) is 44.4 Å². The molecule has 1 fully saturated rings. The van der Waals surface area contributed by atoms with Gasteiger partial charge in [0.2, 0.25) is 11.3 Å². The standard InChI is InChI=1S/C36H39F3N6O5/c1-20-9-10-35(2,14-29(46)42(4)17-21-7-8-28-22(11-21)15-41-43(28)5)36(3)19-44(20)34(49)30-32(50-6)31(47)25(18-45(30)36)33(48)40-16-24-26(38)12-23(37)13-27(24)39/h7-8,11-13,15,18,20H,9-10,14,16-17,19H2,1-6H3,(H,40,48). The van der Waals surface area contributed by atoms with Crippen LogP contribution < -0.4 is 15.5 Å². The zero-order valence-corrected chi connectivity index (χ0v) is 28.8. The molecular formula is C36H39F3N6O5. The molecule has 0 spiro atoms. The van der Waals surface area contributed by atoms with Gasteiger partial charge in [-0.2, -0.15) is 5.10 Å². The minimum absolute atomic E-state index is 0.0519. The molecule has 14 heteroatoms. The van der Waals surface area contributed by atoms with Crippen LogP contribution in [0.15, 0.2) is 47.5 Å². The molecule has 2 aliphatic rings. The number of rotatable bonds is 8. The van der Waals surface area contributed by atoms with E-state index in [2.05, 4.69) is 10.4 Å². The number of nitrogens with one attached hydrogen (secondary N) is 1. The number of aryl methyl sites for hydroxylation is 1. The van der Waals surface area contributed by atoms with Gasteiger partial charge in [0.05, 0.1) is 24.4 Å². The largest absolute Gasteiger partial charge is 0.491 e. The Labute approximate surface area is 286 Å². The number of benzene rings is 2. The Morgan fingerprint density at radius 1 is 1.12 bits per heavy atom. The third kappa shape index (κ3) is 5.69. The molecule has 6 rings (SSSR count). The van der Waals surface area contributed by atoms with E-state index in [-0.39, 0.29) is 36.4 Å². The predicted octanol–water partition coefficient (Wildman–Crippen LogP) is 4.50. The van der Waals surface area contributed by atoms with Gasteiger partial charge in [0.25, 0.3) is 11.8 Å². The number of carbonyl (C=O) groups excluding carboxylic acids is 3. The normalized spacial score (nSPS) is 21.5. The number of methoxy groups -OCH3 is 1. The van der Waals surface area contributed by atoms with Crippen molar-refractivity contribution in [1.29, 1.82) is 0 Å². The van der Waals surface area contributed by atoms with Crippen molar-refractivity contribution < 1.29 is 32.3 Å². The summed E-state index contributed by atoms with van der Waals surface area (Å²) in [4.78, 5) is 58.5. The monoisotopic (exact) mass is 692 g/mol. The van der Waals surface area contributed by atoms with E-state index in [4.69, 9.17) is 4.74 Å². The maximum atomic E-state index is 14.3. The van der Waals surface area contributed by atoms with Crippen LogP contribution >= 0.6 is 0 Å². The average Bonchev–Trinajstić information content (AvgIpc) is 3.39. The van der Waals surface area contributed by atoms with E-state index >= 15 is 0 Å². The molecule has 4 heterocycles. The highest BCUT2D eigenvalue weighted by Gasteiger charge is 2.56. The zero-order valence-electron chi connectivity index (χ0n) is 28.8. The van der Waals surface area contributed by atoms with Gasteiger partial charge in [0.1, 0.15) is 23.0 Å². The molecule has 2 bridgehead atoms. The van der Waals surface area contributed by atoms with Crippen molar-refractivity contribution in [2.75, 3.05) is 20.7 Å². The molecule has 1 saturated heterocycles. The van der Waals surface area contributed by atoms with Crippen LogP contribution in [0.25, 0.3) is 10.9 Å². The maximum Gasteiger partial charge on any atom is 0.274 e. The number of pyridine rings is 1. The molecule has 3 amide bonds. The molecule has 264 valence electrons. The van der Waals surface area contributed by atoms with Crippen LogP contribution in [0.5, 0.6) is 5.75 Å². The molecule has 0 aliphatic carbocycles. The SMILES string of the molecule is COc1c2n(cc(C(=O)NCc3c(F)cc(F)cc3F)c1=O)C1(C)CN(C2=O)C(C)CCC1(C)CC(=O)N(C)Cc1ccc2c(cnn2C)c1. The number of nitrogens with zero attached hydrogens (tertiary/aromatic N) is 5. The Balaban J connectivity index is 1.36. The number of hydrogen-bond donors (Lipinski definition) is 1. The van der Waals surface area contributed by atoms with E-state index in [1.807, 2.05) is 46.0 Å². The molecule has 50 heavy (non-hydrogen) atoms. The number of carbonyl (C=O) groups is 3. The number of hydrogen-bond acceptors (Lipinski definition) is 6. The summed E-state index contributed by atoms with van der Waals surface area (Å²) >= 11 is 0. The first-order valence-corrected chi connectivity index (χ1v) is 16.3. The number of fused-ring (bicyclic) bond motifs is 5. The Kier molecular flexibility index (Phi) is 8.77. The third-order valence-electron chi connectivity index (χ3n) is 10.8. The van der Waals surface area contributed by atoms with Crippen LogP contribution in [0.3, 0.4) is 0 Å². The quantitative estimate of drug-likeness (QED) is 0.291. The van der Waals surface area contributed by atoms with Crippen LogP contribution in [0.1, 0.15) is 72.0 Å². The summed E-state index contributed by atoms with van der Waals surface area (Å²) in [5, 5.41) is 7.60. The van der Waals surface area contributed by atoms with Crippen LogP contribution in [0, 0.1) is 22.9 Å². The van der Waals surface area contributed by atoms with E-state index in [0.29, 0.717) is 31.5 Å². The van der Waals surface area contributed by atoms with Gasteiger partial charge in [0, 0.05) is 80.9 Å². The molecule has 0 saturated carbocycles. The summed E-state index contributed by atoms with van der Waals surface area (Å²) in [6.07, 6.45) is 4.25. The lowest BCUT2D eigenvalue weighted by molar-refractivity contribution is -0.135. The molecule has 3 unspecified atom stereocenters. The molecule has 4 aromatic rings. The van der Waals surface area contributed by atoms with Gasteiger partial charge >= 0.3 is 0 Å². The maximum absolute atomic E-state index is 14.3. The highest BCUT2D eigenvalue weighted by atomic mass is 19.1. The fourth-order valence-corrected chi connectivity index (χ4v) is 7.36. The van der Waals surface area contributed by atoms with Crippen LogP contribution in [0.4, 0.5) is 13.2 Å². The van der Waals surface area contributed by atoms with Gasteiger partial charge < -0.3 is 24.4 Å². The van der Waals surface area contributed by atoms with Crippen molar-refractivity contribution >= 4 is 28.6 Å². The minimum Gasteiger partial charge on any atom is -0.491 e. The summed E-state index contributed by atoms with van der Waals surface area (Å²) in [7, 11) is 4.82. The molecule has 2 aliphatic heterocycles. The second-order valence-electron chi connectivity index (χ2n) is 13.9. The van der Waals surface area contributed by atoms with Crippen molar-refractivity contribution in [3.8, 4) is 5.75 Å². The fourth-order valence-electron chi connectivity index (χ4n) is 7.36. The summed E-state index contributed by atoms with van der Waals surface area (Å²) in [6, 6.07) is 6.68. The van der Waals surface area contributed by atoms with Crippen molar-refractivity contribution in [3.63, 3.8) is 0 Å². The van der Waals surface area contributed by atoms with Gasteiger partial charge in [0.15, 0.2) is 11.4 Å². The summed E-state index contributed by atoms with van der Waals surface area (Å²) in [6.45, 7) is 5.65. The highest BCUT2D eigenvalue weighted by Crippen LogP contribution is 2.51. The molecule has 11 nitrogen and oxygen atoms in total. The smallest absolute Gasteiger partial charge is 0.274 e. The molecule has 3 atom stereocenters. The van der Waals surface area contributed by atoms with E-state index in [9.17, 15) is 32.3 Å². The molecule has 0 radical (unpaired) electrons. The minimum atomic E-state index is -1.20. The van der Waals surface area contributed by atoms with Crippen LogP contribution in [-0.2, 0) is 30.5 Å². The summed E-state index contributed by atoms with van der Waals surface area (Å²) in [5.41, 5.74) is -1.85. The van der Waals surface area contributed by atoms with E-state index in [1.165, 1.54) is 13.3 Å². The van der Waals surface area contributed by atoms with Crippen molar-refractivity contribution in [2.45, 2.75) is 64.7 Å². The third-order valence-corrected chi connectivity index (χ3v) is 10.8. The number of halogens is 3. The summed E-state index contributed by atoms with van der Waals surface area (Å²) in [5.74, 6) is -5.43. The topological polar surface area (TPSA) is 119 Å². The Hall–Kier alpha value is -5.14. The fraction of sp³-hybridized carbons (Fsp3) is 0.417. The lowest BCUT2D eigenvalue weighted by Gasteiger charge is -2.52. The molecule has 2 aromatic heterocycles. The average molecular weight is 693 g/mol. The lowest BCUT2D eigenvalue weighted by Crippen LogP contribution is -2.60. The van der Waals surface area contributed by atoms with Crippen molar-refractivity contribution in [2.24, 2.45) is 12.5 Å². The van der Waals surface area contributed by atoms with Gasteiger partial charge in [-0.1, -0.05) is 13.0 Å². The first-order chi connectivity index (χ1) is 23.6. The first-order valence-electron chi connectivity index (χ1n) is 16.3. The highest BCUT2D eigenvalue weighted by molar-refractivity contribution is 5.99. The summed E-state index contributed by atoms with van der Waals surface area (Å²) < 4.78 is 50.9. The zero-order chi connectivity index (χ0) is 36.3. The van der Waals surface area contributed by atoms with Crippen LogP contribution in [-0.4, -0.2) is 68.6 Å². The van der Waals surface area contributed by atoms with E-state index in [1.54, 1.807) is 32.3 Å². The van der Waals surface area contributed by atoms with Gasteiger partial charge in [-0.25, -0.2) is 13.2 Å². The van der Waals surface area contributed by atoms with Gasteiger partial charge in [-0.3, -0.25) is 23.9 Å². The van der Waals surface area contributed by atoms with E-state index in [0.717, 1.165) is 16.5 Å². The van der Waals surface area contributed by atoms with Crippen molar-refractivity contribution in [1.82, 2.24) is 29.5 Å². The van der Waals surface area contributed by atoms with E-state index < -0.39 is 63.3 Å². The second kappa shape index (κ2) is 12.6. The van der Waals surface area contributed by atoms with Crippen molar-refractivity contribution in [3.05, 3.63) is 92.8 Å². The molecular weight excluding hydrogens is 653 g/mol. The Morgan fingerprint density at radius 2 is 1.82 bits per heavy atom. The number of ether oxygens (including phenoxy) is 1. The number of amides is 3. The Bertz CT molecular complexity index is 2090. The first kappa shape index (κ1) is 34.7. The predicted molar refractivity (Wildman–Crippen MR) is 178 cm³/mol. The molecule has 2 aromatic carbocycles. The van der Waals surface area contributed by atoms with Gasteiger partial charge in [-0.15, -0.1) is 0 Å². The molecule has 1 N–H and O–H groups in total. The second-order valence-corrected chi connectivity index (χ2v) is 13.9. The number of aromatic nitrogens is 3. The lowest BCUT2D eigenvalue weighted by atomic mass is 9.66.